The Labute approximate surface area is 121 Å². The quantitative estimate of drug-likeness (QED) is 0.867. The van der Waals surface area contributed by atoms with Gasteiger partial charge in [0, 0.05) is 12.1 Å². The van der Waals surface area contributed by atoms with Crippen molar-refractivity contribution in [3.63, 3.8) is 0 Å². The van der Waals surface area contributed by atoms with E-state index in [0.717, 1.165) is 5.75 Å². The van der Waals surface area contributed by atoms with Gasteiger partial charge in [0.1, 0.15) is 5.75 Å². The second-order valence-corrected chi connectivity index (χ2v) is 5.24. The third kappa shape index (κ3) is 3.40. The lowest BCUT2D eigenvalue weighted by molar-refractivity contribution is 0.414. The van der Waals surface area contributed by atoms with Crippen LogP contribution in [0, 0.1) is 6.92 Å². The van der Waals surface area contributed by atoms with E-state index in [1.165, 1.54) is 16.7 Å². The molecule has 2 rings (SSSR count). The largest absolute Gasteiger partial charge is 0.497 e. The lowest BCUT2D eigenvalue weighted by atomic mass is 10.0. The van der Waals surface area contributed by atoms with Gasteiger partial charge >= 0.3 is 0 Å². The molecule has 0 radical (unpaired) electrons. The average molecular weight is 269 g/mol. The molecule has 0 amide bonds. The van der Waals surface area contributed by atoms with Gasteiger partial charge in [0.15, 0.2) is 0 Å². The van der Waals surface area contributed by atoms with Crippen LogP contribution < -0.4 is 10.1 Å². The second-order valence-electron chi connectivity index (χ2n) is 5.24. The van der Waals surface area contributed by atoms with Gasteiger partial charge in [0.05, 0.1) is 7.11 Å². The molecule has 20 heavy (non-hydrogen) atoms. The van der Waals surface area contributed by atoms with Crippen molar-refractivity contribution in [3.8, 4) is 5.75 Å². The molecule has 0 saturated heterocycles. The SMILES string of the molecule is COc1ccc([C@@H](C)NC(C)c2ccccc2C)cc1. The minimum Gasteiger partial charge on any atom is -0.497 e. The average Bonchev–Trinajstić information content (AvgIpc) is 2.47. The van der Waals surface area contributed by atoms with E-state index in [1.54, 1.807) is 7.11 Å². The number of hydrogen-bond acceptors (Lipinski definition) is 2. The molecule has 0 aliphatic rings. The van der Waals surface area contributed by atoms with Crippen LogP contribution in [0.3, 0.4) is 0 Å². The zero-order valence-corrected chi connectivity index (χ0v) is 12.7. The number of aryl methyl sites for hydroxylation is 1. The second kappa shape index (κ2) is 6.58. The third-order valence-corrected chi connectivity index (χ3v) is 3.77. The predicted molar refractivity (Wildman–Crippen MR) is 84.1 cm³/mol. The fraction of sp³-hybridized carbons (Fsp3) is 0.333. The first-order valence-electron chi connectivity index (χ1n) is 7.07. The number of nitrogens with one attached hydrogen (secondary N) is 1. The smallest absolute Gasteiger partial charge is 0.118 e. The molecule has 0 bridgehead atoms. The molecule has 0 heterocycles. The van der Waals surface area contributed by atoms with Crippen LogP contribution >= 0.6 is 0 Å². The van der Waals surface area contributed by atoms with E-state index in [9.17, 15) is 0 Å². The highest BCUT2D eigenvalue weighted by molar-refractivity contribution is 5.31. The van der Waals surface area contributed by atoms with E-state index in [0.29, 0.717) is 12.1 Å². The van der Waals surface area contributed by atoms with Gasteiger partial charge in [-0.2, -0.15) is 0 Å². The summed E-state index contributed by atoms with van der Waals surface area (Å²) >= 11 is 0. The summed E-state index contributed by atoms with van der Waals surface area (Å²) in [6, 6.07) is 17.4. The van der Waals surface area contributed by atoms with E-state index in [1.807, 2.05) is 12.1 Å². The summed E-state index contributed by atoms with van der Waals surface area (Å²) in [4.78, 5) is 0. The molecule has 0 fully saturated rings. The molecular weight excluding hydrogens is 246 g/mol. The summed E-state index contributed by atoms with van der Waals surface area (Å²) in [6.45, 7) is 6.56. The van der Waals surface area contributed by atoms with Crippen LogP contribution in [0.2, 0.25) is 0 Å². The predicted octanol–water partition coefficient (Wildman–Crippen LogP) is 4.42. The van der Waals surface area contributed by atoms with Gasteiger partial charge in [-0.05, 0) is 49.6 Å². The fourth-order valence-corrected chi connectivity index (χ4v) is 2.53. The molecule has 2 aromatic rings. The van der Waals surface area contributed by atoms with E-state index in [4.69, 9.17) is 4.74 Å². The van der Waals surface area contributed by atoms with Crippen molar-refractivity contribution < 1.29 is 4.74 Å². The van der Waals surface area contributed by atoms with Crippen LogP contribution in [0.1, 0.15) is 42.6 Å². The molecule has 0 aliphatic carbocycles. The van der Waals surface area contributed by atoms with Crippen LogP contribution in [-0.2, 0) is 0 Å². The molecule has 106 valence electrons. The first-order valence-corrected chi connectivity index (χ1v) is 7.07. The summed E-state index contributed by atoms with van der Waals surface area (Å²) < 4.78 is 5.19. The van der Waals surface area contributed by atoms with Gasteiger partial charge in [0.25, 0.3) is 0 Å². The van der Waals surface area contributed by atoms with Crippen LogP contribution in [0.15, 0.2) is 48.5 Å². The Morgan fingerprint density at radius 1 is 0.900 bits per heavy atom. The first-order chi connectivity index (χ1) is 9.61. The normalized spacial score (nSPS) is 13.8. The van der Waals surface area contributed by atoms with E-state index in [2.05, 4.69) is 62.5 Å². The van der Waals surface area contributed by atoms with Crippen LogP contribution in [0.4, 0.5) is 0 Å². The Hall–Kier alpha value is -1.80. The van der Waals surface area contributed by atoms with Crippen molar-refractivity contribution >= 4 is 0 Å². The van der Waals surface area contributed by atoms with Gasteiger partial charge in [-0.15, -0.1) is 0 Å². The number of methoxy groups -OCH3 is 1. The Balaban J connectivity index is 2.06. The fourth-order valence-electron chi connectivity index (χ4n) is 2.53. The van der Waals surface area contributed by atoms with Crippen molar-refractivity contribution in [2.24, 2.45) is 0 Å². The van der Waals surface area contributed by atoms with Crippen LogP contribution in [0.5, 0.6) is 5.75 Å². The summed E-state index contributed by atoms with van der Waals surface area (Å²) in [7, 11) is 1.69. The summed E-state index contributed by atoms with van der Waals surface area (Å²) in [5.41, 5.74) is 3.95. The maximum atomic E-state index is 5.19. The molecule has 0 spiro atoms. The Morgan fingerprint density at radius 3 is 2.15 bits per heavy atom. The minimum atomic E-state index is 0.301. The minimum absolute atomic E-state index is 0.301. The Kier molecular flexibility index (Phi) is 4.80. The van der Waals surface area contributed by atoms with Crippen molar-refractivity contribution in [2.75, 3.05) is 7.11 Å². The summed E-state index contributed by atoms with van der Waals surface area (Å²) in [6.07, 6.45) is 0. The number of benzene rings is 2. The molecule has 2 heteroatoms. The Morgan fingerprint density at radius 2 is 1.55 bits per heavy atom. The summed E-state index contributed by atoms with van der Waals surface area (Å²) in [5, 5.41) is 3.65. The zero-order chi connectivity index (χ0) is 14.5. The van der Waals surface area contributed by atoms with Gasteiger partial charge in [0.2, 0.25) is 0 Å². The van der Waals surface area contributed by atoms with E-state index in [-0.39, 0.29) is 0 Å². The van der Waals surface area contributed by atoms with Crippen LogP contribution in [0.25, 0.3) is 0 Å². The van der Waals surface area contributed by atoms with Crippen molar-refractivity contribution in [2.45, 2.75) is 32.9 Å². The lowest BCUT2D eigenvalue weighted by Crippen LogP contribution is -2.23. The number of ether oxygens (including phenoxy) is 1. The van der Waals surface area contributed by atoms with Crippen molar-refractivity contribution in [1.29, 1.82) is 0 Å². The molecule has 0 aromatic heterocycles. The topological polar surface area (TPSA) is 21.3 Å². The third-order valence-electron chi connectivity index (χ3n) is 3.77. The highest BCUT2D eigenvalue weighted by Gasteiger charge is 2.12. The molecule has 0 aliphatic heterocycles. The maximum absolute atomic E-state index is 5.19. The van der Waals surface area contributed by atoms with Gasteiger partial charge in [-0.3, -0.25) is 0 Å². The molecule has 2 atom stereocenters. The van der Waals surface area contributed by atoms with E-state index >= 15 is 0 Å². The summed E-state index contributed by atoms with van der Waals surface area (Å²) in [5.74, 6) is 0.896. The lowest BCUT2D eigenvalue weighted by Gasteiger charge is -2.22. The molecular formula is C18H23NO. The first kappa shape index (κ1) is 14.6. The maximum Gasteiger partial charge on any atom is 0.118 e. The molecule has 2 aromatic carbocycles. The Bertz CT molecular complexity index is 548. The molecule has 0 saturated carbocycles. The van der Waals surface area contributed by atoms with Gasteiger partial charge < -0.3 is 10.1 Å². The molecule has 1 N–H and O–H groups in total. The van der Waals surface area contributed by atoms with Gasteiger partial charge in [-0.1, -0.05) is 36.4 Å². The monoisotopic (exact) mass is 269 g/mol. The number of rotatable bonds is 5. The van der Waals surface area contributed by atoms with Crippen molar-refractivity contribution in [3.05, 3.63) is 65.2 Å². The van der Waals surface area contributed by atoms with Gasteiger partial charge in [-0.25, -0.2) is 0 Å². The zero-order valence-electron chi connectivity index (χ0n) is 12.7. The molecule has 1 unspecified atom stereocenters. The highest BCUT2D eigenvalue weighted by atomic mass is 16.5. The molecule has 2 nitrogen and oxygen atoms in total. The number of hydrogen-bond donors (Lipinski definition) is 1. The standard InChI is InChI=1S/C18H23NO/c1-13-7-5-6-8-18(13)15(3)19-14(2)16-9-11-17(20-4)12-10-16/h5-12,14-15,19H,1-4H3/t14-,15?/m1/s1. The van der Waals surface area contributed by atoms with E-state index < -0.39 is 0 Å². The van der Waals surface area contributed by atoms with Crippen LogP contribution in [-0.4, -0.2) is 7.11 Å². The van der Waals surface area contributed by atoms with Crippen molar-refractivity contribution in [1.82, 2.24) is 5.32 Å². The highest BCUT2D eigenvalue weighted by Crippen LogP contribution is 2.23.